The Morgan fingerprint density at radius 2 is 1.82 bits per heavy atom. The lowest BCUT2D eigenvalue weighted by atomic mass is 9.75. The van der Waals surface area contributed by atoms with Gasteiger partial charge in [0.1, 0.15) is 0 Å². The van der Waals surface area contributed by atoms with Crippen molar-refractivity contribution < 1.29 is 28.7 Å². The van der Waals surface area contributed by atoms with Gasteiger partial charge >= 0.3 is 11.9 Å². The molecule has 0 radical (unpaired) electrons. The van der Waals surface area contributed by atoms with E-state index in [1.54, 1.807) is 13.8 Å². The highest BCUT2D eigenvalue weighted by Gasteiger charge is 2.49. The van der Waals surface area contributed by atoms with Crippen LogP contribution in [0.2, 0.25) is 0 Å². The minimum Gasteiger partial charge on any atom is -0.465 e. The number of ether oxygens (including phenoxy) is 2. The second kappa shape index (κ2) is 8.73. The molecule has 1 aliphatic heterocycles. The lowest BCUT2D eigenvalue weighted by Crippen LogP contribution is -2.46. The molecule has 0 bridgehead atoms. The third kappa shape index (κ3) is 4.69. The number of hydrogen-bond acceptors (Lipinski definition) is 6. The predicted molar refractivity (Wildman–Crippen MR) is 77.4 cm³/mol. The standard InChI is InChI=1S/C15H25NO6/c1-4-15(13(18)21-5-2,14(19)22-16-11(3)17)10-12-6-8-20-9-7-12/h12H,4-10H2,1-3H3,(H,16,17). The van der Waals surface area contributed by atoms with Gasteiger partial charge in [0.25, 0.3) is 0 Å². The molecule has 0 aromatic heterocycles. The van der Waals surface area contributed by atoms with Crippen LogP contribution in [-0.2, 0) is 28.7 Å². The molecule has 0 spiro atoms. The number of carbonyl (C=O) groups excluding carboxylic acids is 3. The Hall–Kier alpha value is -1.63. The third-order valence-corrected chi connectivity index (χ3v) is 3.93. The summed E-state index contributed by atoms with van der Waals surface area (Å²) in [6, 6.07) is 0. The maximum absolute atomic E-state index is 12.4. The molecule has 1 aliphatic rings. The molecule has 7 heteroatoms. The average molecular weight is 315 g/mol. The van der Waals surface area contributed by atoms with E-state index >= 15 is 0 Å². The summed E-state index contributed by atoms with van der Waals surface area (Å²) in [5, 5.41) is 0. The van der Waals surface area contributed by atoms with Gasteiger partial charge in [0.2, 0.25) is 5.91 Å². The first-order chi connectivity index (χ1) is 10.5. The van der Waals surface area contributed by atoms with E-state index in [2.05, 4.69) is 0 Å². The van der Waals surface area contributed by atoms with Gasteiger partial charge in [0, 0.05) is 20.1 Å². The summed E-state index contributed by atoms with van der Waals surface area (Å²) in [4.78, 5) is 40.5. The number of rotatable bonds is 6. The van der Waals surface area contributed by atoms with Crippen molar-refractivity contribution in [2.75, 3.05) is 19.8 Å². The number of amides is 1. The molecule has 1 N–H and O–H groups in total. The van der Waals surface area contributed by atoms with Crippen LogP contribution in [0.1, 0.15) is 46.5 Å². The molecule has 1 heterocycles. The van der Waals surface area contributed by atoms with Crippen molar-refractivity contribution in [3.05, 3.63) is 0 Å². The van der Waals surface area contributed by atoms with E-state index in [9.17, 15) is 14.4 Å². The number of carbonyl (C=O) groups is 3. The average Bonchev–Trinajstić information content (AvgIpc) is 2.51. The summed E-state index contributed by atoms with van der Waals surface area (Å²) in [7, 11) is 0. The Kier molecular flexibility index (Phi) is 7.31. The number of hydrogen-bond donors (Lipinski definition) is 1. The number of hydroxylamine groups is 1. The highest BCUT2D eigenvalue weighted by atomic mass is 16.7. The Bertz CT molecular complexity index is 405. The van der Waals surface area contributed by atoms with Crippen LogP contribution in [0.15, 0.2) is 0 Å². The SMILES string of the molecule is CCOC(=O)C(CC)(CC1CCOCC1)C(=O)ONC(C)=O. The van der Waals surface area contributed by atoms with Crippen LogP contribution in [0.3, 0.4) is 0 Å². The predicted octanol–water partition coefficient (Wildman–Crippen LogP) is 1.36. The first-order valence-electron chi connectivity index (χ1n) is 7.69. The van der Waals surface area contributed by atoms with Gasteiger partial charge in [-0.1, -0.05) is 6.92 Å². The summed E-state index contributed by atoms with van der Waals surface area (Å²) in [5.74, 6) is -1.69. The van der Waals surface area contributed by atoms with E-state index in [1.807, 2.05) is 5.48 Å². The minimum absolute atomic E-state index is 0.182. The van der Waals surface area contributed by atoms with Crippen molar-refractivity contribution in [2.24, 2.45) is 11.3 Å². The number of nitrogens with one attached hydrogen (secondary N) is 1. The molecule has 1 amide bonds. The van der Waals surface area contributed by atoms with E-state index in [0.29, 0.717) is 19.6 Å². The molecule has 1 atom stereocenters. The first kappa shape index (κ1) is 18.4. The molecule has 1 rings (SSSR count). The van der Waals surface area contributed by atoms with Crippen LogP contribution in [0.5, 0.6) is 0 Å². The largest absolute Gasteiger partial charge is 0.465 e. The first-order valence-corrected chi connectivity index (χ1v) is 7.69. The fraction of sp³-hybridized carbons (Fsp3) is 0.800. The monoisotopic (exact) mass is 315 g/mol. The van der Waals surface area contributed by atoms with Crippen LogP contribution >= 0.6 is 0 Å². The van der Waals surface area contributed by atoms with E-state index in [1.165, 1.54) is 6.92 Å². The van der Waals surface area contributed by atoms with Gasteiger partial charge in [-0.3, -0.25) is 9.59 Å². The van der Waals surface area contributed by atoms with Gasteiger partial charge in [-0.2, -0.15) is 5.48 Å². The molecule has 7 nitrogen and oxygen atoms in total. The van der Waals surface area contributed by atoms with E-state index < -0.39 is 23.3 Å². The second-order valence-electron chi connectivity index (χ2n) is 5.46. The van der Waals surface area contributed by atoms with Crippen LogP contribution in [0, 0.1) is 11.3 Å². The van der Waals surface area contributed by atoms with E-state index in [0.717, 1.165) is 12.8 Å². The van der Waals surface area contributed by atoms with Gasteiger partial charge in [-0.05, 0) is 38.5 Å². The van der Waals surface area contributed by atoms with Crippen LogP contribution in [0.25, 0.3) is 0 Å². The van der Waals surface area contributed by atoms with E-state index in [-0.39, 0.29) is 18.9 Å². The summed E-state index contributed by atoms with van der Waals surface area (Å²) in [6.45, 7) is 6.07. The lowest BCUT2D eigenvalue weighted by Gasteiger charge is -2.32. The molecular weight excluding hydrogens is 290 g/mol. The van der Waals surface area contributed by atoms with E-state index in [4.69, 9.17) is 14.3 Å². The summed E-state index contributed by atoms with van der Waals surface area (Å²) >= 11 is 0. The van der Waals surface area contributed by atoms with Gasteiger partial charge in [0.05, 0.1) is 6.61 Å². The minimum atomic E-state index is -1.39. The van der Waals surface area contributed by atoms with Crippen molar-refractivity contribution in [1.29, 1.82) is 0 Å². The maximum atomic E-state index is 12.4. The third-order valence-electron chi connectivity index (χ3n) is 3.93. The molecule has 0 saturated carbocycles. The van der Waals surface area contributed by atoms with Crippen molar-refractivity contribution in [2.45, 2.75) is 46.5 Å². The zero-order chi connectivity index (χ0) is 16.6. The Balaban J connectivity index is 2.91. The number of esters is 1. The fourth-order valence-corrected chi connectivity index (χ4v) is 2.61. The summed E-state index contributed by atoms with van der Waals surface area (Å²) < 4.78 is 10.4. The maximum Gasteiger partial charge on any atom is 0.349 e. The highest BCUT2D eigenvalue weighted by Crippen LogP contribution is 2.37. The molecule has 22 heavy (non-hydrogen) atoms. The topological polar surface area (TPSA) is 90.9 Å². The molecule has 0 aromatic rings. The summed E-state index contributed by atoms with van der Waals surface area (Å²) in [6.07, 6.45) is 2.16. The summed E-state index contributed by atoms with van der Waals surface area (Å²) in [5.41, 5.74) is 0.610. The molecule has 1 unspecified atom stereocenters. The van der Waals surface area contributed by atoms with Crippen molar-refractivity contribution >= 4 is 17.8 Å². The molecule has 1 fully saturated rings. The molecular formula is C15H25NO6. The fourth-order valence-electron chi connectivity index (χ4n) is 2.61. The van der Waals surface area contributed by atoms with Gasteiger partial charge in [-0.25, -0.2) is 4.79 Å². The molecule has 126 valence electrons. The van der Waals surface area contributed by atoms with Gasteiger partial charge in [-0.15, -0.1) is 0 Å². The molecule has 1 saturated heterocycles. The quantitative estimate of drug-likeness (QED) is 0.452. The Labute approximate surface area is 130 Å². The van der Waals surface area contributed by atoms with Crippen molar-refractivity contribution in [3.8, 4) is 0 Å². The zero-order valence-electron chi connectivity index (χ0n) is 13.5. The zero-order valence-corrected chi connectivity index (χ0v) is 13.5. The Morgan fingerprint density at radius 1 is 1.18 bits per heavy atom. The van der Waals surface area contributed by atoms with Crippen molar-refractivity contribution in [3.63, 3.8) is 0 Å². The second-order valence-corrected chi connectivity index (χ2v) is 5.46. The van der Waals surface area contributed by atoms with Crippen LogP contribution in [-0.4, -0.2) is 37.7 Å². The highest BCUT2D eigenvalue weighted by molar-refractivity contribution is 6.00. The van der Waals surface area contributed by atoms with Crippen LogP contribution in [0.4, 0.5) is 0 Å². The smallest absolute Gasteiger partial charge is 0.349 e. The normalized spacial score (nSPS) is 18.1. The molecule has 0 aliphatic carbocycles. The van der Waals surface area contributed by atoms with Crippen molar-refractivity contribution in [1.82, 2.24) is 5.48 Å². The lowest BCUT2D eigenvalue weighted by molar-refractivity contribution is -0.181. The molecule has 0 aromatic carbocycles. The van der Waals surface area contributed by atoms with Gasteiger partial charge in [0.15, 0.2) is 5.41 Å². The van der Waals surface area contributed by atoms with Gasteiger partial charge < -0.3 is 14.3 Å². The van der Waals surface area contributed by atoms with Crippen LogP contribution < -0.4 is 5.48 Å². The Morgan fingerprint density at radius 3 is 2.32 bits per heavy atom.